The topological polar surface area (TPSA) is 41.1 Å². The minimum Gasteiger partial charge on any atom is -0.355 e. The summed E-state index contributed by atoms with van der Waals surface area (Å²) >= 11 is 1.89. The summed E-state index contributed by atoms with van der Waals surface area (Å²) in [5, 5.41) is 6.38. The van der Waals surface area contributed by atoms with E-state index in [-0.39, 0.29) is 11.9 Å². The van der Waals surface area contributed by atoms with Crippen LogP contribution in [-0.4, -0.2) is 37.0 Å². The zero-order valence-electron chi connectivity index (χ0n) is 11.0. The van der Waals surface area contributed by atoms with Crippen LogP contribution >= 0.6 is 11.8 Å². The van der Waals surface area contributed by atoms with Crippen molar-refractivity contribution in [2.75, 3.05) is 25.1 Å². The molecule has 0 bridgehead atoms. The minimum absolute atomic E-state index is 0.0590. The highest BCUT2D eigenvalue weighted by Gasteiger charge is 2.18. The van der Waals surface area contributed by atoms with E-state index in [1.54, 1.807) is 0 Å². The summed E-state index contributed by atoms with van der Waals surface area (Å²) in [6.45, 7) is 1.83. The molecule has 0 aliphatic carbocycles. The molecular weight excluding hydrogens is 232 g/mol. The first kappa shape index (κ1) is 14.8. The third kappa shape index (κ3) is 6.94. The Morgan fingerprint density at radius 3 is 3.00 bits per heavy atom. The van der Waals surface area contributed by atoms with Gasteiger partial charge in [0, 0.05) is 6.54 Å². The maximum absolute atomic E-state index is 11.9. The lowest BCUT2D eigenvalue weighted by Gasteiger charge is -2.15. The molecule has 0 radical (unpaired) electrons. The molecule has 1 unspecified atom stereocenters. The molecule has 0 saturated carbocycles. The van der Waals surface area contributed by atoms with Crippen molar-refractivity contribution in [2.24, 2.45) is 0 Å². The Bertz CT molecular complexity index is 204. The van der Waals surface area contributed by atoms with Crippen molar-refractivity contribution in [1.29, 1.82) is 0 Å². The van der Waals surface area contributed by atoms with Crippen LogP contribution in [0.25, 0.3) is 0 Å². The van der Waals surface area contributed by atoms with Gasteiger partial charge in [0.15, 0.2) is 0 Å². The number of hydrogen-bond acceptors (Lipinski definition) is 3. The van der Waals surface area contributed by atoms with Crippen molar-refractivity contribution < 1.29 is 4.79 Å². The van der Waals surface area contributed by atoms with Crippen LogP contribution in [0.3, 0.4) is 0 Å². The Kier molecular flexibility index (Phi) is 8.53. The van der Waals surface area contributed by atoms with Crippen LogP contribution in [0.15, 0.2) is 0 Å². The van der Waals surface area contributed by atoms with Gasteiger partial charge in [-0.3, -0.25) is 4.79 Å². The predicted molar refractivity (Wildman–Crippen MR) is 75.5 cm³/mol. The molecule has 0 spiro atoms. The van der Waals surface area contributed by atoms with E-state index in [0.717, 1.165) is 25.9 Å². The van der Waals surface area contributed by atoms with Gasteiger partial charge in [-0.05, 0) is 44.2 Å². The average molecular weight is 258 g/mol. The maximum atomic E-state index is 11.9. The molecule has 4 heteroatoms. The van der Waals surface area contributed by atoms with E-state index >= 15 is 0 Å². The molecule has 1 atom stereocenters. The number of carbonyl (C=O) groups excluding carboxylic acids is 1. The molecule has 1 amide bonds. The van der Waals surface area contributed by atoms with Gasteiger partial charge in [0.25, 0.3) is 0 Å². The van der Waals surface area contributed by atoms with Crippen molar-refractivity contribution in [1.82, 2.24) is 10.6 Å². The number of hydrogen-bond donors (Lipinski definition) is 2. The van der Waals surface area contributed by atoms with Crippen LogP contribution in [0.1, 0.15) is 44.9 Å². The van der Waals surface area contributed by atoms with Crippen LogP contribution in [0.4, 0.5) is 0 Å². The Labute approximate surface area is 109 Å². The number of carbonyl (C=O) groups is 1. The second-order valence-corrected chi connectivity index (χ2v) is 5.69. The van der Waals surface area contributed by atoms with Gasteiger partial charge in [-0.1, -0.05) is 19.3 Å². The van der Waals surface area contributed by atoms with Crippen LogP contribution < -0.4 is 10.6 Å². The molecule has 2 N–H and O–H groups in total. The van der Waals surface area contributed by atoms with Gasteiger partial charge in [0.05, 0.1) is 6.04 Å². The van der Waals surface area contributed by atoms with Gasteiger partial charge in [-0.15, -0.1) is 0 Å². The third-order valence-electron chi connectivity index (χ3n) is 3.20. The average Bonchev–Trinajstić information content (AvgIpc) is 2.62. The zero-order chi connectivity index (χ0) is 12.3. The summed E-state index contributed by atoms with van der Waals surface area (Å²) in [5.74, 6) is 1.44. The van der Waals surface area contributed by atoms with Crippen molar-refractivity contribution in [3.05, 3.63) is 0 Å². The minimum atomic E-state index is 0.0590. The molecule has 1 heterocycles. The molecule has 0 aromatic rings. The van der Waals surface area contributed by atoms with Crippen molar-refractivity contribution >= 4 is 17.7 Å². The smallest absolute Gasteiger partial charge is 0.237 e. The molecule has 1 rings (SSSR count). The summed E-state index contributed by atoms with van der Waals surface area (Å²) in [6, 6.07) is 0.0590. The van der Waals surface area contributed by atoms with Gasteiger partial charge < -0.3 is 10.6 Å². The summed E-state index contributed by atoms with van der Waals surface area (Å²) in [6.07, 6.45) is 10.4. The van der Waals surface area contributed by atoms with Crippen molar-refractivity contribution in [3.8, 4) is 0 Å². The quantitative estimate of drug-likeness (QED) is 0.688. The number of amides is 1. The highest BCUT2D eigenvalue weighted by molar-refractivity contribution is 7.98. The fourth-order valence-electron chi connectivity index (χ4n) is 2.14. The van der Waals surface area contributed by atoms with E-state index in [4.69, 9.17) is 0 Å². The van der Waals surface area contributed by atoms with Gasteiger partial charge in [-0.25, -0.2) is 0 Å². The molecule has 1 aliphatic heterocycles. The number of thioether (sulfide) groups is 1. The molecule has 0 aromatic carbocycles. The molecular formula is C13H26N2OS. The molecule has 0 aromatic heterocycles. The number of nitrogens with one attached hydrogen (secondary N) is 2. The Morgan fingerprint density at radius 2 is 2.18 bits per heavy atom. The first-order valence-corrected chi connectivity index (χ1v) is 8.24. The van der Waals surface area contributed by atoms with E-state index in [2.05, 4.69) is 16.9 Å². The van der Waals surface area contributed by atoms with E-state index in [0.29, 0.717) is 0 Å². The molecule has 1 aliphatic rings. The van der Waals surface area contributed by atoms with Crippen LogP contribution in [0.2, 0.25) is 0 Å². The number of rotatable bonds is 7. The SMILES string of the molecule is CSCCCCCNC(=O)C1CCCCCN1. The highest BCUT2D eigenvalue weighted by Crippen LogP contribution is 2.08. The van der Waals surface area contributed by atoms with Crippen LogP contribution in [0.5, 0.6) is 0 Å². The maximum Gasteiger partial charge on any atom is 0.237 e. The first-order valence-electron chi connectivity index (χ1n) is 6.84. The standard InChI is InChI=1S/C13H26N2OS/c1-17-11-7-3-6-10-15-13(16)12-8-4-2-5-9-14-12/h12,14H,2-11H2,1H3,(H,15,16). The van der Waals surface area contributed by atoms with Crippen molar-refractivity contribution in [2.45, 2.75) is 51.0 Å². The number of unbranched alkanes of at least 4 members (excludes halogenated alkanes) is 2. The predicted octanol–water partition coefficient (Wildman–Crippen LogP) is 2.17. The summed E-state index contributed by atoms with van der Waals surface area (Å²) < 4.78 is 0. The lowest BCUT2D eigenvalue weighted by molar-refractivity contribution is -0.123. The summed E-state index contributed by atoms with van der Waals surface area (Å²) in [7, 11) is 0. The van der Waals surface area contributed by atoms with Crippen LogP contribution in [0, 0.1) is 0 Å². The van der Waals surface area contributed by atoms with E-state index in [9.17, 15) is 4.79 Å². The van der Waals surface area contributed by atoms with Crippen LogP contribution in [-0.2, 0) is 4.79 Å². The lowest BCUT2D eigenvalue weighted by atomic mass is 10.1. The van der Waals surface area contributed by atoms with Gasteiger partial charge in [0.2, 0.25) is 5.91 Å². The van der Waals surface area contributed by atoms with E-state index in [1.807, 2.05) is 11.8 Å². The monoisotopic (exact) mass is 258 g/mol. The zero-order valence-corrected chi connectivity index (χ0v) is 11.8. The molecule has 1 fully saturated rings. The largest absolute Gasteiger partial charge is 0.355 e. The lowest BCUT2D eigenvalue weighted by Crippen LogP contribution is -2.43. The normalized spacial score (nSPS) is 20.9. The highest BCUT2D eigenvalue weighted by atomic mass is 32.2. The van der Waals surface area contributed by atoms with Gasteiger partial charge in [-0.2, -0.15) is 11.8 Å². The fraction of sp³-hybridized carbons (Fsp3) is 0.923. The first-order chi connectivity index (χ1) is 8.34. The molecule has 100 valence electrons. The van der Waals surface area contributed by atoms with E-state index in [1.165, 1.54) is 37.9 Å². The fourth-order valence-corrected chi connectivity index (χ4v) is 2.63. The Hall–Kier alpha value is -0.220. The second kappa shape index (κ2) is 9.77. The second-order valence-electron chi connectivity index (χ2n) is 4.70. The molecule has 17 heavy (non-hydrogen) atoms. The Balaban J connectivity index is 2.03. The third-order valence-corrected chi connectivity index (χ3v) is 3.90. The summed E-state index contributed by atoms with van der Waals surface area (Å²) in [4.78, 5) is 11.9. The summed E-state index contributed by atoms with van der Waals surface area (Å²) in [5.41, 5.74) is 0. The molecule has 3 nitrogen and oxygen atoms in total. The van der Waals surface area contributed by atoms with Gasteiger partial charge in [0.1, 0.15) is 0 Å². The van der Waals surface area contributed by atoms with Gasteiger partial charge >= 0.3 is 0 Å². The van der Waals surface area contributed by atoms with E-state index < -0.39 is 0 Å². The van der Waals surface area contributed by atoms with Crippen molar-refractivity contribution in [3.63, 3.8) is 0 Å². The Morgan fingerprint density at radius 1 is 1.29 bits per heavy atom. The molecule has 1 saturated heterocycles.